The first-order valence-electron chi connectivity index (χ1n) is 11.1. The number of nitrogens with one attached hydrogen (secondary N) is 1. The number of hydrogen-bond donors (Lipinski definition) is 1. The van der Waals surface area contributed by atoms with Gasteiger partial charge in [-0.2, -0.15) is 0 Å². The molecule has 0 aliphatic carbocycles. The number of amides is 1. The van der Waals surface area contributed by atoms with Gasteiger partial charge in [-0.1, -0.05) is 12.1 Å². The minimum absolute atomic E-state index is 0.00395. The topological polar surface area (TPSA) is 68.0 Å². The lowest BCUT2D eigenvalue weighted by Gasteiger charge is -2.16. The van der Waals surface area contributed by atoms with Crippen molar-refractivity contribution in [2.75, 3.05) is 27.7 Å². The molecule has 1 N–H and O–H groups in total. The average molecular weight is 439 g/mol. The highest BCUT2D eigenvalue weighted by Crippen LogP contribution is 2.24. The molecule has 0 bridgehead atoms. The maximum Gasteiger partial charge on any atom is 0.275 e. The molecule has 7 nitrogen and oxygen atoms in total. The number of hydrogen-bond acceptors (Lipinski definition) is 4. The van der Waals surface area contributed by atoms with E-state index in [2.05, 4.69) is 24.3 Å². The summed E-state index contributed by atoms with van der Waals surface area (Å²) < 4.78 is 8.80. The molecule has 3 aromatic rings. The predicted octanol–water partition coefficient (Wildman–Crippen LogP) is 3.19. The van der Waals surface area contributed by atoms with Gasteiger partial charge in [-0.25, -0.2) is 0 Å². The first-order valence-corrected chi connectivity index (χ1v) is 11.1. The van der Waals surface area contributed by atoms with E-state index in [1.54, 1.807) is 11.7 Å². The van der Waals surface area contributed by atoms with Crippen molar-refractivity contribution < 1.29 is 9.53 Å². The van der Waals surface area contributed by atoms with E-state index in [-0.39, 0.29) is 24.1 Å². The van der Waals surface area contributed by atoms with E-state index >= 15 is 0 Å². The number of unbranched alkanes of at least 4 members (excludes halogenated alkanes) is 1. The summed E-state index contributed by atoms with van der Waals surface area (Å²) in [4.78, 5) is 28.2. The summed E-state index contributed by atoms with van der Waals surface area (Å²) in [5, 5.41) is 2.88. The van der Waals surface area contributed by atoms with Crippen LogP contribution in [0.4, 0.5) is 0 Å². The monoisotopic (exact) mass is 438 g/mol. The number of methoxy groups -OCH3 is 1. The molecular formula is C25H34N4O3. The number of nitrogens with zero attached hydrogens (tertiary/aromatic N) is 3. The van der Waals surface area contributed by atoms with Crippen LogP contribution in [0.15, 0.2) is 47.5 Å². The summed E-state index contributed by atoms with van der Waals surface area (Å²) in [6, 6.07) is 9.49. The highest BCUT2D eigenvalue weighted by atomic mass is 16.5. The summed E-state index contributed by atoms with van der Waals surface area (Å²) in [6.45, 7) is 4.82. The molecule has 7 heteroatoms. The lowest BCUT2D eigenvalue weighted by atomic mass is 10.1. The largest absolute Gasteiger partial charge is 0.497 e. The van der Waals surface area contributed by atoms with E-state index in [0.29, 0.717) is 17.0 Å². The van der Waals surface area contributed by atoms with Crippen molar-refractivity contribution >= 4 is 11.4 Å². The number of aromatic nitrogens is 2. The molecule has 0 unspecified atom stereocenters. The Morgan fingerprint density at radius 2 is 1.94 bits per heavy atom. The highest BCUT2D eigenvalue weighted by molar-refractivity contribution is 5.77. The number of carbonyl (C=O) groups is 1. The van der Waals surface area contributed by atoms with E-state index in [1.165, 1.54) is 0 Å². The number of aryl methyl sites for hydroxylation is 1. The van der Waals surface area contributed by atoms with Gasteiger partial charge in [0.25, 0.3) is 5.56 Å². The van der Waals surface area contributed by atoms with Gasteiger partial charge in [0, 0.05) is 24.0 Å². The molecule has 32 heavy (non-hydrogen) atoms. The zero-order valence-electron chi connectivity index (χ0n) is 19.7. The fraction of sp³-hybridized carbons (Fsp3) is 0.440. The van der Waals surface area contributed by atoms with E-state index in [1.807, 2.05) is 61.0 Å². The zero-order valence-corrected chi connectivity index (χ0v) is 19.7. The van der Waals surface area contributed by atoms with E-state index < -0.39 is 0 Å². The van der Waals surface area contributed by atoms with Crippen LogP contribution in [0.3, 0.4) is 0 Å². The van der Waals surface area contributed by atoms with Crippen molar-refractivity contribution in [1.29, 1.82) is 0 Å². The van der Waals surface area contributed by atoms with Crippen LogP contribution in [0.2, 0.25) is 0 Å². The van der Waals surface area contributed by atoms with Gasteiger partial charge in [0.1, 0.15) is 17.8 Å². The smallest absolute Gasteiger partial charge is 0.275 e. The Morgan fingerprint density at radius 1 is 1.16 bits per heavy atom. The van der Waals surface area contributed by atoms with Crippen LogP contribution in [0, 0.1) is 0 Å². The number of fused-ring (bicyclic) bond motifs is 1. The van der Waals surface area contributed by atoms with Crippen LogP contribution in [-0.2, 0) is 17.8 Å². The van der Waals surface area contributed by atoms with Gasteiger partial charge in [-0.3, -0.25) is 14.2 Å². The Kier molecular flexibility index (Phi) is 7.75. The van der Waals surface area contributed by atoms with Crippen molar-refractivity contribution in [3.8, 4) is 17.0 Å². The molecule has 0 spiro atoms. The molecule has 172 valence electrons. The minimum Gasteiger partial charge on any atom is -0.497 e. The molecule has 0 radical (unpaired) electrons. The summed E-state index contributed by atoms with van der Waals surface area (Å²) in [5.41, 5.74) is 3.03. The van der Waals surface area contributed by atoms with Gasteiger partial charge < -0.3 is 19.4 Å². The Bertz CT molecular complexity index is 1130. The van der Waals surface area contributed by atoms with Crippen LogP contribution in [0.1, 0.15) is 32.3 Å². The second kappa shape index (κ2) is 10.5. The Morgan fingerprint density at radius 3 is 2.62 bits per heavy atom. The Hall–Kier alpha value is -3.06. The van der Waals surface area contributed by atoms with Crippen molar-refractivity contribution in [1.82, 2.24) is 19.2 Å². The fourth-order valence-electron chi connectivity index (χ4n) is 3.84. The minimum atomic E-state index is -0.189. The van der Waals surface area contributed by atoms with E-state index in [0.717, 1.165) is 36.9 Å². The normalized spacial score (nSPS) is 11.5. The fourth-order valence-corrected chi connectivity index (χ4v) is 3.84. The summed E-state index contributed by atoms with van der Waals surface area (Å²) >= 11 is 0. The van der Waals surface area contributed by atoms with Crippen molar-refractivity contribution in [2.24, 2.45) is 0 Å². The summed E-state index contributed by atoms with van der Waals surface area (Å²) in [7, 11) is 5.76. The number of carbonyl (C=O) groups excluding carboxylic acids is 1. The second-order valence-electron chi connectivity index (χ2n) is 8.76. The van der Waals surface area contributed by atoms with Crippen molar-refractivity contribution in [3.63, 3.8) is 0 Å². The lowest BCUT2D eigenvalue weighted by Crippen LogP contribution is -2.36. The number of rotatable bonds is 10. The first kappa shape index (κ1) is 23.6. The average Bonchev–Trinajstić information content (AvgIpc) is 3.15. The van der Waals surface area contributed by atoms with Gasteiger partial charge >= 0.3 is 0 Å². The zero-order chi connectivity index (χ0) is 23.3. The summed E-state index contributed by atoms with van der Waals surface area (Å²) in [6.07, 6.45) is 7.03. The summed E-state index contributed by atoms with van der Waals surface area (Å²) in [5.74, 6) is 0.508. The number of ether oxygens (including phenoxy) is 1. The molecular weight excluding hydrogens is 404 g/mol. The van der Waals surface area contributed by atoms with E-state index in [4.69, 9.17) is 4.74 Å². The first-order chi connectivity index (χ1) is 15.3. The maximum absolute atomic E-state index is 13.5. The van der Waals surface area contributed by atoms with Crippen LogP contribution in [0.25, 0.3) is 16.8 Å². The van der Waals surface area contributed by atoms with Gasteiger partial charge in [-0.05, 0) is 77.5 Å². The van der Waals surface area contributed by atoms with Gasteiger partial charge in [0.15, 0.2) is 0 Å². The Balaban J connectivity index is 2.02. The molecule has 2 aromatic heterocycles. The van der Waals surface area contributed by atoms with Gasteiger partial charge in [-0.15, -0.1) is 0 Å². The molecule has 1 aromatic carbocycles. The molecule has 1 amide bonds. The van der Waals surface area contributed by atoms with Crippen LogP contribution in [0.5, 0.6) is 5.75 Å². The quantitative estimate of drug-likeness (QED) is 0.494. The second-order valence-corrected chi connectivity index (χ2v) is 8.76. The van der Waals surface area contributed by atoms with Crippen molar-refractivity contribution in [3.05, 3.63) is 58.6 Å². The van der Waals surface area contributed by atoms with Crippen molar-refractivity contribution in [2.45, 2.75) is 45.7 Å². The third-order valence-electron chi connectivity index (χ3n) is 5.36. The van der Waals surface area contributed by atoms with Crippen LogP contribution < -0.4 is 15.6 Å². The highest BCUT2D eigenvalue weighted by Gasteiger charge is 2.16. The molecule has 0 atom stereocenters. The molecule has 0 aliphatic rings. The number of benzene rings is 1. The molecule has 0 saturated carbocycles. The molecule has 0 aliphatic heterocycles. The van der Waals surface area contributed by atoms with Gasteiger partial charge in [0.05, 0.1) is 12.8 Å². The lowest BCUT2D eigenvalue weighted by molar-refractivity contribution is -0.122. The molecule has 3 rings (SSSR count). The molecule has 2 heterocycles. The standard InChI is InChI=1S/C25H34N4O3/c1-18(2)26-24(30)17-29-23(20-10-8-11-21(14-20)32-5)16-28-15-19(13-22(28)25(29)31)9-6-7-12-27(3)4/h8,10-11,13-16,18H,6-7,9,12,17H2,1-5H3,(H,26,30). The molecule has 0 fully saturated rings. The third kappa shape index (κ3) is 5.79. The third-order valence-corrected chi connectivity index (χ3v) is 5.36. The SMILES string of the molecule is COc1cccc(-c2cn3cc(CCCCN(C)C)cc3c(=O)n2CC(=O)NC(C)C)c1. The van der Waals surface area contributed by atoms with Crippen LogP contribution >= 0.6 is 0 Å². The Labute approximate surface area is 189 Å². The van der Waals surface area contributed by atoms with E-state index in [9.17, 15) is 9.59 Å². The van der Waals surface area contributed by atoms with Crippen LogP contribution in [-0.4, -0.2) is 53.6 Å². The maximum atomic E-state index is 13.5. The van der Waals surface area contributed by atoms with Gasteiger partial charge in [0.2, 0.25) is 5.91 Å². The predicted molar refractivity (Wildman–Crippen MR) is 128 cm³/mol. The molecule has 0 saturated heterocycles.